The number of rotatable bonds is 4. The van der Waals surface area contributed by atoms with Crippen molar-refractivity contribution in [3.05, 3.63) is 23.8 Å². The third-order valence-corrected chi connectivity index (χ3v) is 4.23. The van der Waals surface area contributed by atoms with E-state index < -0.39 is 10.2 Å². The van der Waals surface area contributed by atoms with Gasteiger partial charge in [0.15, 0.2) is 0 Å². The molecule has 0 fully saturated rings. The lowest BCUT2D eigenvalue weighted by Gasteiger charge is -2.22. The van der Waals surface area contributed by atoms with E-state index in [1.807, 2.05) is 0 Å². The standard InChI is InChI=1S/C11H18N2O3S/c1-8(2)13(4)17(15,16)12-11-9(3)6-5-7-10(11)14/h5-8,12,14H,1-4H3. The highest BCUT2D eigenvalue weighted by Crippen LogP contribution is 2.28. The van der Waals surface area contributed by atoms with Crippen molar-refractivity contribution >= 4 is 15.9 Å². The third kappa shape index (κ3) is 3.10. The zero-order valence-electron chi connectivity index (χ0n) is 10.4. The molecular formula is C11H18N2O3S. The second-order valence-corrected chi connectivity index (χ2v) is 5.92. The molecule has 1 aromatic rings. The van der Waals surface area contributed by atoms with Crippen LogP contribution < -0.4 is 4.72 Å². The van der Waals surface area contributed by atoms with Crippen molar-refractivity contribution in [2.45, 2.75) is 26.8 Å². The van der Waals surface area contributed by atoms with E-state index in [0.717, 1.165) is 0 Å². The number of anilines is 1. The molecule has 0 unspecified atom stereocenters. The Bertz CT molecular complexity index is 477. The van der Waals surface area contributed by atoms with Crippen LogP contribution in [0.4, 0.5) is 5.69 Å². The summed E-state index contributed by atoms with van der Waals surface area (Å²) in [6.07, 6.45) is 0. The van der Waals surface area contributed by atoms with Gasteiger partial charge in [0.05, 0.1) is 5.69 Å². The van der Waals surface area contributed by atoms with Crippen molar-refractivity contribution in [1.29, 1.82) is 0 Å². The fourth-order valence-corrected chi connectivity index (χ4v) is 2.49. The third-order valence-electron chi connectivity index (χ3n) is 2.59. The Hall–Kier alpha value is -1.27. The Morgan fingerprint density at radius 1 is 1.35 bits per heavy atom. The van der Waals surface area contributed by atoms with Crippen LogP contribution in [0.5, 0.6) is 5.75 Å². The lowest BCUT2D eigenvalue weighted by atomic mass is 10.2. The van der Waals surface area contributed by atoms with Crippen LogP contribution >= 0.6 is 0 Å². The molecule has 0 aromatic heterocycles. The minimum atomic E-state index is -3.63. The molecule has 2 N–H and O–H groups in total. The molecule has 1 aromatic carbocycles. The number of phenols is 1. The second kappa shape index (κ2) is 4.93. The van der Waals surface area contributed by atoms with Crippen LogP contribution in [0.2, 0.25) is 0 Å². The van der Waals surface area contributed by atoms with E-state index in [4.69, 9.17) is 0 Å². The minimum Gasteiger partial charge on any atom is -0.506 e. The van der Waals surface area contributed by atoms with Gasteiger partial charge in [-0.3, -0.25) is 4.72 Å². The maximum atomic E-state index is 11.9. The second-order valence-electron chi connectivity index (χ2n) is 4.19. The van der Waals surface area contributed by atoms with Gasteiger partial charge in [-0.2, -0.15) is 12.7 Å². The monoisotopic (exact) mass is 258 g/mol. The smallest absolute Gasteiger partial charge is 0.301 e. The van der Waals surface area contributed by atoms with E-state index in [1.54, 1.807) is 32.9 Å². The molecule has 0 atom stereocenters. The molecule has 6 heteroatoms. The first-order valence-electron chi connectivity index (χ1n) is 5.30. The molecule has 0 saturated carbocycles. The molecule has 96 valence electrons. The van der Waals surface area contributed by atoms with Crippen molar-refractivity contribution in [3.8, 4) is 5.75 Å². The summed E-state index contributed by atoms with van der Waals surface area (Å²) in [6, 6.07) is 4.68. The summed E-state index contributed by atoms with van der Waals surface area (Å²) in [5.74, 6) is -0.0780. The van der Waals surface area contributed by atoms with E-state index in [2.05, 4.69) is 4.72 Å². The van der Waals surface area contributed by atoms with Crippen molar-refractivity contribution < 1.29 is 13.5 Å². The summed E-state index contributed by atoms with van der Waals surface area (Å²) in [4.78, 5) is 0. The highest BCUT2D eigenvalue weighted by molar-refractivity contribution is 7.90. The molecule has 0 heterocycles. The Kier molecular flexibility index (Phi) is 4.00. The summed E-state index contributed by atoms with van der Waals surface area (Å²) in [7, 11) is -2.15. The zero-order chi connectivity index (χ0) is 13.2. The van der Waals surface area contributed by atoms with Gasteiger partial charge in [-0.25, -0.2) is 0 Å². The number of aromatic hydroxyl groups is 1. The number of aryl methyl sites for hydroxylation is 1. The summed E-state index contributed by atoms with van der Waals surface area (Å²) in [5.41, 5.74) is 0.894. The topological polar surface area (TPSA) is 69.6 Å². The maximum Gasteiger partial charge on any atom is 0.301 e. The van der Waals surface area contributed by atoms with Gasteiger partial charge in [-0.1, -0.05) is 12.1 Å². The number of para-hydroxylation sites is 1. The molecule has 0 aliphatic carbocycles. The van der Waals surface area contributed by atoms with Crippen molar-refractivity contribution in [1.82, 2.24) is 4.31 Å². The minimum absolute atomic E-state index is 0.0780. The Morgan fingerprint density at radius 3 is 2.41 bits per heavy atom. The highest BCUT2D eigenvalue weighted by atomic mass is 32.2. The molecule has 17 heavy (non-hydrogen) atoms. The number of phenolic OH excluding ortho intramolecular Hbond substituents is 1. The zero-order valence-corrected chi connectivity index (χ0v) is 11.2. The first kappa shape index (κ1) is 13.8. The first-order valence-corrected chi connectivity index (χ1v) is 6.74. The van der Waals surface area contributed by atoms with Gasteiger partial charge in [-0.05, 0) is 32.4 Å². The average Bonchev–Trinajstić information content (AvgIpc) is 2.22. The number of nitrogens with zero attached hydrogens (tertiary/aromatic N) is 1. The number of hydrogen-bond acceptors (Lipinski definition) is 3. The van der Waals surface area contributed by atoms with Gasteiger partial charge in [0.25, 0.3) is 0 Å². The van der Waals surface area contributed by atoms with Gasteiger partial charge < -0.3 is 5.11 Å². The molecule has 0 radical (unpaired) electrons. The van der Waals surface area contributed by atoms with Crippen LogP contribution in [0, 0.1) is 6.92 Å². The predicted octanol–water partition coefficient (Wildman–Crippen LogP) is 1.70. The molecule has 0 aliphatic heterocycles. The molecule has 5 nitrogen and oxygen atoms in total. The molecule has 1 rings (SSSR count). The lowest BCUT2D eigenvalue weighted by molar-refractivity contribution is 0.413. The maximum absolute atomic E-state index is 11.9. The van der Waals surface area contributed by atoms with Gasteiger partial charge in [0, 0.05) is 13.1 Å². The van der Waals surface area contributed by atoms with Crippen LogP contribution in [-0.4, -0.2) is 30.9 Å². The van der Waals surface area contributed by atoms with Gasteiger partial charge in [0.1, 0.15) is 5.75 Å². The van der Waals surface area contributed by atoms with Crippen LogP contribution in [0.1, 0.15) is 19.4 Å². The fraction of sp³-hybridized carbons (Fsp3) is 0.455. The Balaban J connectivity index is 3.07. The van der Waals surface area contributed by atoms with Crippen LogP contribution in [0.15, 0.2) is 18.2 Å². The van der Waals surface area contributed by atoms with Gasteiger partial charge in [0.2, 0.25) is 0 Å². The Morgan fingerprint density at radius 2 is 1.94 bits per heavy atom. The summed E-state index contributed by atoms with van der Waals surface area (Å²) in [5, 5.41) is 9.63. The van der Waals surface area contributed by atoms with E-state index in [-0.39, 0.29) is 17.5 Å². The highest BCUT2D eigenvalue weighted by Gasteiger charge is 2.22. The molecule has 0 bridgehead atoms. The van der Waals surface area contributed by atoms with Crippen molar-refractivity contribution in [2.24, 2.45) is 0 Å². The summed E-state index contributed by atoms with van der Waals surface area (Å²) >= 11 is 0. The number of benzene rings is 1. The van der Waals surface area contributed by atoms with E-state index in [9.17, 15) is 13.5 Å². The Labute approximate surface area is 102 Å². The number of hydrogen-bond donors (Lipinski definition) is 2. The molecule has 0 amide bonds. The largest absolute Gasteiger partial charge is 0.506 e. The molecule has 0 aliphatic rings. The lowest BCUT2D eigenvalue weighted by Crippen LogP contribution is -2.37. The van der Waals surface area contributed by atoms with Crippen LogP contribution in [0.25, 0.3) is 0 Å². The average molecular weight is 258 g/mol. The van der Waals surface area contributed by atoms with E-state index in [0.29, 0.717) is 5.56 Å². The summed E-state index contributed by atoms with van der Waals surface area (Å²) < 4.78 is 27.5. The van der Waals surface area contributed by atoms with Gasteiger partial charge in [-0.15, -0.1) is 0 Å². The quantitative estimate of drug-likeness (QED) is 0.808. The normalized spacial score (nSPS) is 12.1. The van der Waals surface area contributed by atoms with Gasteiger partial charge >= 0.3 is 10.2 Å². The van der Waals surface area contributed by atoms with E-state index in [1.165, 1.54) is 17.4 Å². The van der Waals surface area contributed by atoms with Crippen molar-refractivity contribution in [2.75, 3.05) is 11.8 Å². The van der Waals surface area contributed by atoms with Crippen LogP contribution in [-0.2, 0) is 10.2 Å². The molecule has 0 saturated heterocycles. The first-order chi connectivity index (χ1) is 7.75. The summed E-state index contributed by atoms with van der Waals surface area (Å²) in [6.45, 7) is 5.28. The SMILES string of the molecule is Cc1cccc(O)c1NS(=O)(=O)N(C)C(C)C. The fourth-order valence-electron chi connectivity index (χ4n) is 1.26. The van der Waals surface area contributed by atoms with Crippen LogP contribution in [0.3, 0.4) is 0 Å². The van der Waals surface area contributed by atoms with E-state index >= 15 is 0 Å². The van der Waals surface area contributed by atoms with Crippen molar-refractivity contribution in [3.63, 3.8) is 0 Å². The predicted molar refractivity (Wildman–Crippen MR) is 68.3 cm³/mol. The molecular weight excluding hydrogens is 240 g/mol. The molecule has 0 spiro atoms. The number of nitrogens with one attached hydrogen (secondary N) is 1.